The first-order chi connectivity index (χ1) is 13.5. The fourth-order valence-electron chi connectivity index (χ4n) is 3.67. The summed E-state index contributed by atoms with van der Waals surface area (Å²) >= 11 is 0. The summed E-state index contributed by atoms with van der Waals surface area (Å²) in [7, 11) is 3.43. The van der Waals surface area contributed by atoms with Crippen LogP contribution in [0.5, 0.6) is 5.75 Å². The van der Waals surface area contributed by atoms with Gasteiger partial charge in [0.25, 0.3) is 11.8 Å². The molecule has 2 amide bonds. The van der Waals surface area contributed by atoms with Crippen LogP contribution in [-0.4, -0.2) is 39.1 Å². The summed E-state index contributed by atoms with van der Waals surface area (Å²) in [5.41, 5.74) is 3.22. The lowest BCUT2D eigenvalue weighted by molar-refractivity contribution is -0.862. The quantitative estimate of drug-likeness (QED) is 0.677. The van der Waals surface area contributed by atoms with E-state index in [1.165, 1.54) is 11.1 Å². The Labute approximate surface area is 165 Å². The zero-order valence-corrected chi connectivity index (χ0v) is 16.5. The van der Waals surface area contributed by atoms with Crippen molar-refractivity contribution in [2.24, 2.45) is 0 Å². The second-order valence-electron chi connectivity index (χ2n) is 7.30. The van der Waals surface area contributed by atoms with Crippen LogP contribution >= 0.6 is 0 Å². The highest BCUT2D eigenvalue weighted by Gasteiger charge is 2.23. The lowest BCUT2D eigenvalue weighted by Crippen LogP contribution is -3.11. The van der Waals surface area contributed by atoms with E-state index < -0.39 is 0 Å². The molecule has 6 heteroatoms. The third-order valence-corrected chi connectivity index (χ3v) is 4.98. The van der Waals surface area contributed by atoms with Crippen LogP contribution in [0.25, 0.3) is 0 Å². The molecule has 28 heavy (non-hydrogen) atoms. The molecule has 0 saturated heterocycles. The summed E-state index contributed by atoms with van der Waals surface area (Å²) in [5, 5.41) is 5.98. The molecule has 0 heterocycles. The van der Waals surface area contributed by atoms with E-state index in [0.29, 0.717) is 11.4 Å². The molecule has 3 N–H and O–H groups in total. The van der Waals surface area contributed by atoms with Gasteiger partial charge in [-0.3, -0.25) is 9.59 Å². The van der Waals surface area contributed by atoms with Gasteiger partial charge in [-0.15, -0.1) is 0 Å². The second kappa shape index (κ2) is 9.37. The van der Waals surface area contributed by atoms with Crippen LogP contribution < -0.4 is 20.3 Å². The average molecular weight is 382 g/mol. The van der Waals surface area contributed by atoms with Crippen molar-refractivity contribution in [2.45, 2.75) is 25.3 Å². The number of methoxy groups -OCH3 is 1. The van der Waals surface area contributed by atoms with Crippen LogP contribution in [0.2, 0.25) is 0 Å². The number of carbonyl (C=O) groups excluding carboxylic acids is 2. The van der Waals surface area contributed by atoms with E-state index in [1.54, 1.807) is 13.2 Å². The van der Waals surface area contributed by atoms with Gasteiger partial charge in [0.1, 0.15) is 5.75 Å². The first-order valence-corrected chi connectivity index (χ1v) is 9.67. The molecule has 3 rings (SSSR count). The molecule has 2 aromatic rings. The van der Waals surface area contributed by atoms with Crippen molar-refractivity contribution in [1.29, 1.82) is 0 Å². The summed E-state index contributed by atoms with van der Waals surface area (Å²) in [6.45, 7) is 0.468. The minimum atomic E-state index is -0.137. The number of hydrogen-bond acceptors (Lipinski definition) is 3. The van der Waals surface area contributed by atoms with E-state index in [-0.39, 0.29) is 30.9 Å². The summed E-state index contributed by atoms with van der Waals surface area (Å²) in [6.07, 6.45) is 3.10. The van der Waals surface area contributed by atoms with Crippen LogP contribution in [-0.2, 0) is 16.0 Å². The second-order valence-corrected chi connectivity index (χ2v) is 7.30. The molecule has 0 bridgehead atoms. The van der Waals surface area contributed by atoms with E-state index in [2.05, 4.69) is 22.8 Å². The van der Waals surface area contributed by atoms with Crippen molar-refractivity contribution >= 4 is 17.5 Å². The van der Waals surface area contributed by atoms with E-state index in [1.807, 2.05) is 37.4 Å². The summed E-state index contributed by atoms with van der Waals surface area (Å²) in [5.74, 6) is 0.514. The predicted molar refractivity (Wildman–Crippen MR) is 109 cm³/mol. The molecule has 2 aromatic carbocycles. The van der Waals surface area contributed by atoms with E-state index in [0.717, 1.165) is 24.2 Å². The van der Waals surface area contributed by atoms with Crippen molar-refractivity contribution in [2.75, 3.05) is 32.6 Å². The molecule has 1 aliphatic carbocycles. The summed E-state index contributed by atoms with van der Waals surface area (Å²) in [6, 6.07) is 15.6. The first kappa shape index (κ1) is 19.9. The third kappa shape index (κ3) is 5.33. The Balaban J connectivity index is 1.48. The number of carbonyl (C=O) groups is 2. The lowest BCUT2D eigenvalue weighted by Gasteiger charge is -2.26. The number of amides is 2. The number of quaternary nitrogens is 1. The maximum Gasteiger partial charge on any atom is 0.279 e. The Hall–Kier alpha value is -2.86. The van der Waals surface area contributed by atoms with Crippen LogP contribution in [0.3, 0.4) is 0 Å². The molecule has 0 radical (unpaired) electrons. The molecule has 148 valence electrons. The van der Waals surface area contributed by atoms with Gasteiger partial charge >= 0.3 is 0 Å². The first-order valence-electron chi connectivity index (χ1n) is 9.67. The predicted octanol–water partition coefficient (Wildman–Crippen LogP) is 1.34. The van der Waals surface area contributed by atoms with E-state index in [9.17, 15) is 9.59 Å². The van der Waals surface area contributed by atoms with E-state index in [4.69, 9.17) is 4.74 Å². The summed E-state index contributed by atoms with van der Waals surface area (Å²) in [4.78, 5) is 25.6. The largest absolute Gasteiger partial charge is 0.497 e. The fraction of sp³-hybridized carbons (Fsp3) is 0.364. The summed E-state index contributed by atoms with van der Waals surface area (Å²) < 4.78 is 5.16. The number of rotatable bonds is 7. The fourth-order valence-corrected chi connectivity index (χ4v) is 3.67. The minimum Gasteiger partial charge on any atom is -0.497 e. The number of hydrogen-bond donors (Lipinski definition) is 3. The lowest BCUT2D eigenvalue weighted by atomic mass is 9.88. The Bertz CT molecular complexity index is 837. The average Bonchev–Trinajstić information content (AvgIpc) is 2.68. The molecule has 0 saturated carbocycles. The van der Waals surface area contributed by atoms with Gasteiger partial charge < -0.3 is 20.3 Å². The zero-order chi connectivity index (χ0) is 19.9. The number of likely N-dealkylation sites (N-methyl/N-ethyl adjacent to an activating group) is 1. The maximum atomic E-state index is 12.5. The number of fused-ring (bicyclic) bond motifs is 1. The Kier molecular flexibility index (Phi) is 6.66. The normalized spacial score (nSPS) is 16.6. The highest BCUT2D eigenvalue weighted by atomic mass is 16.5. The van der Waals surface area contributed by atoms with Gasteiger partial charge in [-0.1, -0.05) is 30.3 Å². The molecule has 2 atom stereocenters. The van der Waals surface area contributed by atoms with Gasteiger partial charge in [-0.2, -0.15) is 0 Å². The SMILES string of the molecule is COc1cccc(NC(=O)C[NH+](C)CC(=O)N[C@@H]2CCCc3ccccc32)c1. The standard InChI is InChI=1S/C22H27N3O3/c1-25(14-21(26)23-17-9-6-10-18(13-17)28-2)15-22(27)24-20-12-5-8-16-7-3-4-11-19(16)20/h3-4,6-7,9-11,13,20H,5,8,12,14-15H2,1-2H3,(H,23,26)(H,24,27)/p+1/t20-/m1/s1. The van der Waals surface area contributed by atoms with Crippen molar-refractivity contribution < 1.29 is 19.2 Å². The van der Waals surface area contributed by atoms with Gasteiger partial charge in [0, 0.05) is 11.8 Å². The number of ether oxygens (including phenoxy) is 1. The molecule has 0 spiro atoms. The van der Waals surface area contributed by atoms with Crippen molar-refractivity contribution in [3.05, 3.63) is 59.7 Å². The van der Waals surface area contributed by atoms with E-state index >= 15 is 0 Å². The zero-order valence-electron chi connectivity index (χ0n) is 16.5. The topological polar surface area (TPSA) is 71.9 Å². The van der Waals surface area contributed by atoms with Crippen LogP contribution in [0.1, 0.15) is 30.0 Å². The third-order valence-electron chi connectivity index (χ3n) is 4.98. The number of aryl methyl sites for hydroxylation is 1. The molecule has 1 aliphatic rings. The van der Waals surface area contributed by atoms with Gasteiger partial charge in [0.2, 0.25) is 0 Å². The molecule has 0 fully saturated rings. The van der Waals surface area contributed by atoms with Crippen molar-refractivity contribution in [3.8, 4) is 5.75 Å². The number of nitrogens with one attached hydrogen (secondary N) is 3. The molecule has 0 aliphatic heterocycles. The Morgan fingerprint density at radius 3 is 2.71 bits per heavy atom. The van der Waals surface area contributed by atoms with Crippen molar-refractivity contribution in [1.82, 2.24) is 5.32 Å². The van der Waals surface area contributed by atoms with Gasteiger partial charge in [0.05, 0.1) is 20.2 Å². The smallest absolute Gasteiger partial charge is 0.279 e. The van der Waals surface area contributed by atoms with Crippen LogP contribution in [0.15, 0.2) is 48.5 Å². The monoisotopic (exact) mass is 382 g/mol. The molecular weight excluding hydrogens is 354 g/mol. The van der Waals surface area contributed by atoms with Gasteiger partial charge in [-0.25, -0.2) is 0 Å². The molecule has 1 unspecified atom stereocenters. The molecule has 0 aromatic heterocycles. The highest BCUT2D eigenvalue weighted by Crippen LogP contribution is 2.29. The van der Waals surface area contributed by atoms with Crippen molar-refractivity contribution in [3.63, 3.8) is 0 Å². The highest BCUT2D eigenvalue weighted by molar-refractivity contribution is 5.91. The Morgan fingerprint density at radius 1 is 1.11 bits per heavy atom. The number of anilines is 1. The van der Waals surface area contributed by atoms with Gasteiger partial charge in [-0.05, 0) is 42.5 Å². The van der Waals surface area contributed by atoms with Crippen LogP contribution in [0, 0.1) is 0 Å². The molecule has 6 nitrogen and oxygen atoms in total. The maximum absolute atomic E-state index is 12.5. The number of benzene rings is 2. The van der Waals surface area contributed by atoms with Gasteiger partial charge in [0.15, 0.2) is 13.1 Å². The minimum absolute atomic E-state index is 0.0339. The Morgan fingerprint density at radius 2 is 1.89 bits per heavy atom. The van der Waals surface area contributed by atoms with Crippen LogP contribution in [0.4, 0.5) is 5.69 Å². The molecular formula is C22H28N3O3+.